The second-order valence-corrected chi connectivity index (χ2v) is 5.85. The molecule has 0 aliphatic heterocycles. The van der Waals surface area contributed by atoms with Crippen molar-refractivity contribution in [3.8, 4) is 23.3 Å². The molecule has 148 valence electrons. The first-order chi connectivity index (χ1) is 14.2. The molecule has 2 heterocycles. The molecule has 0 fully saturated rings. The Kier molecular flexibility index (Phi) is 6.32. The second-order valence-electron chi connectivity index (χ2n) is 5.85. The first-order valence-corrected chi connectivity index (χ1v) is 8.70. The quantitative estimate of drug-likeness (QED) is 0.618. The molecule has 0 saturated carbocycles. The van der Waals surface area contributed by atoms with E-state index in [4.69, 9.17) is 18.6 Å². The molecule has 0 aliphatic rings. The van der Waals surface area contributed by atoms with Crippen LogP contribution >= 0.6 is 0 Å². The molecule has 0 unspecified atom stereocenters. The zero-order chi connectivity index (χ0) is 20.6. The first kappa shape index (κ1) is 19.8. The number of rotatable bonds is 8. The van der Waals surface area contributed by atoms with Gasteiger partial charge in [-0.1, -0.05) is 6.07 Å². The number of oxazole rings is 1. The van der Waals surface area contributed by atoms with Gasteiger partial charge >= 0.3 is 0 Å². The van der Waals surface area contributed by atoms with E-state index in [-0.39, 0.29) is 5.69 Å². The number of benzene rings is 1. The lowest BCUT2D eigenvalue weighted by Crippen LogP contribution is -1.99. The highest BCUT2D eigenvalue weighted by Crippen LogP contribution is 2.38. The molecule has 1 aromatic carbocycles. The normalized spacial score (nSPS) is 10.6. The van der Waals surface area contributed by atoms with Crippen LogP contribution < -0.4 is 19.5 Å². The van der Waals surface area contributed by atoms with Gasteiger partial charge in [0.2, 0.25) is 23.2 Å². The second kappa shape index (κ2) is 9.28. The fourth-order valence-electron chi connectivity index (χ4n) is 2.65. The van der Waals surface area contributed by atoms with Gasteiger partial charge in [0.15, 0.2) is 11.5 Å². The van der Waals surface area contributed by atoms with Crippen molar-refractivity contribution in [2.75, 3.05) is 26.6 Å². The van der Waals surface area contributed by atoms with E-state index < -0.39 is 0 Å². The van der Waals surface area contributed by atoms with Gasteiger partial charge in [0.25, 0.3) is 0 Å². The zero-order valence-corrected chi connectivity index (χ0v) is 16.3. The highest BCUT2D eigenvalue weighted by molar-refractivity contribution is 5.71. The number of nitriles is 1. The van der Waals surface area contributed by atoms with Crippen molar-refractivity contribution in [2.24, 2.45) is 0 Å². The molecule has 8 heteroatoms. The maximum absolute atomic E-state index is 9.31. The third-order valence-electron chi connectivity index (χ3n) is 4.03. The lowest BCUT2D eigenvalue weighted by molar-refractivity contribution is 0.324. The average Bonchev–Trinajstić information content (AvgIpc) is 3.18. The summed E-state index contributed by atoms with van der Waals surface area (Å²) in [5, 5.41) is 12.4. The highest BCUT2D eigenvalue weighted by atomic mass is 16.5. The van der Waals surface area contributed by atoms with Gasteiger partial charge in [0.05, 0.1) is 21.3 Å². The maximum Gasteiger partial charge on any atom is 0.232 e. The van der Waals surface area contributed by atoms with Crippen LogP contribution in [-0.4, -0.2) is 31.3 Å². The molecule has 8 nitrogen and oxygen atoms in total. The Labute approximate surface area is 168 Å². The Morgan fingerprint density at radius 1 is 1.14 bits per heavy atom. The Balaban J connectivity index is 1.80. The van der Waals surface area contributed by atoms with Gasteiger partial charge in [0.1, 0.15) is 6.07 Å². The Morgan fingerprint density at radius 2 is 1.90 bits per heavy atom. The number of aromatic nitrogens is 2. The topological polar surface area (TPSA) is 102 Å². The monoisotopic (exact) mass is 392 g/mol. The van der Waals surface area contributed by atoms with E-state index in [1.807, 2.05) is 18.2 Å². The van der Waals surface area contributed by atoms with Crippen LogP contribution in [0.15, 0.2) is 41.1 Å². The van der Waals surface area contributed by atoms with E-state index in [1.165, 1.54) is 0 Å². The summed E-state index contributed by atoms with van der Waals surface area (Å²) in [4.78, 5) is 8.25. The maximum atomic E-state index is 9.31. The van der Waals surface area contributed by atoms with E-state index in [9.17, 15) is 5.26 Å². The summed E-state index contributed by atoms with van der Waals surface area (Å²) < 4.78 is 21.7. The molecule has 0 aliphatic carbocycles. The van der Waals surface area contributed by atoms with Gasteiger partial charge in [0, 0.05) is 25.0 Å². The summed E-state index contributed by atoms with van der Waals surface area (Å²) in [6.07, 6.45) is 6.88. The summed E-state index contributed by atoms with van der Waals surface area (Å²) >= 11 is 0. The summed E-state index contributed by atoms with van der Waals surface area (Å²) in [5.41, 5.74) is 1.93. The molecular weight excluding hydrogens is 372 g/mol. The summed E-state index contributed by atoms with van der Waals surface area (Å²) in [7, 11) is 4.66. The molecule has 0 atom stereocenters. The number of pyridine rings is 1. The van der Waals surface area contributed by atoms with Crippen LogP contribution in [0.1, 0.15) is 22.7 Å². The molecule has 1 N–H and O–H groups in total. The number of hydrogen-bond donors (Lipinski definition) is 1. The van der Waals surface area contributed by atoms with Crippen molar-refractivity contribution in [3.63, 3.8) is 0 Å². The fraction of sp³-hybridized carbons (Fsp3) is 0.190. The standard InChI is InChI=1S/C21H20N4O4/c1-26-17-9-14(10-18(27-2)20(17)28-3)6-7-19-25-16(11-22)21(29-19)24-13-15-5-4-8-23-12-15/h4-10,12,24H,13H2,1-3H3. The average molecular weight is 392 g/mol. The van der Waals surface area contributed by atoms with Crippen LogP contribution in [0.5, 0.6) is 17.2 Å². The van der Waals surface area contributed by atoms with Crippen molar-refractivity contribution in [3.05, 3.63) is 59.4 Å². The number of methoxy groups -OCH3 is 3. The zero-order valence-electron chi connectivity index (χ0n) is 16.3. The predicted molar refractivity (Wildman–Crippen MR) is 108 cm³/mol. The summed E-state index contributed by atoms with van der Waals surface area (Å²) in [5.74, 6) is 2.19. The third kappa shape index (κ3) is 4.65. The molecule has 2 aromatic heterocycles. The lowest BCUT2D eigenvalue weighted by Gasteiger charge is -2.12. The molecule has 0 radical (unpaired) electrons. The summed E-state index contributed by atoms with van der Waals surface area (Å²) in [6.45, 7) is 0.466. The van der Waals surface area contributed by atoms with Crippen LogP contribution in [0.3, 0.4) is 0 Å². The minimum absolute atomic E-state index is 0.179. The number of nitrogens with one attached hydrogen (secondary N) is 1. The van der Waals surface area contributed by atoms with Crippen LogP contribution in [0.25, 0.3) is 12.2 Å². The number of nitrogens with zero attached hydrogens (tertiary/aromatic N) is 3. The molecular formula is C21H20N4O4. The van der Waals surface area contributed by atoms with Crippen LogP contribution in [0.4, 0.5) is 5.88 Å². The van der Waals surface area contributed by atoms with Gasteiger partial charge in [-0.15, -0.1) is 0 Å². The van der Waals surface area contributed by atoms with Gasteiger partial charge in [-0.2, -0.15) is 10.2 Å². The van der Waals surface area contributed by atoms with Crippen molar-refractivity contribution < 1.29 is 18.6 Å². The van der Waals surface area contributed by atoms with Crippen molar-refractivity contribution >= 4 is 18.0 Å². The smallest absolute Gasteiger partial charge is 0.232 e. The van der Waals surface area contributed by atoms with Crippen LogP contribution in [0, 0.1) is 11.3 Å². The highest BCUT2D eigenvalue weighted by Gasteiger charge is 2.13. The lowest BCUT2D eigenvalue weighted by atomic mass is 10.1. The first-order valence-electron chi connectivity index (χ1n) is 8.70. The molecule has 3 rings (SSSR count). The molecule has 0 bridgehead atoms. The SMILES string of the molecule is COc1cc(C=Cc2nc(C#N)c(NCc3cccnc3)o2)cc(OC)c1OC. The van der Waals surface area contributed by atoms with E-state index >= 15 is 0 Å². The minimum atomic E-state index is 0.179. The third-order valence-corrected chi connectivity index (χ3v) is 4.03. The van der Waals surface area contributed by atoms with Crippen LogP contribution in [-0.2, 0) is 6.54 Å². The number of anilines is 1. The van der Waals surface area contributed by atoms with Gasteiger partial charge in [-0.05, 0) is 35.4 Å². The van der Waals surface area contributed by atoms with E-state index in [2.05, 4.69) is 15.3 Å². The fourth-order valence-corrected chi connectivity index (χ4v) is 2.65. The predicted octanol–water partition coefficient (Wildman–Crippen LogP) is 3.75. The summed E-state index contributed by atoms with van der Waals surface area (Å²) in [6, 6.07) is 9.39. The van der Waals surface area contributed by atoms with E-state index in [0.717, 1.165) is 11.1 Å². The van der Waals surface area contributed by atoms with E-state index in [1.54, 1.807) is 58.0 Å². The Bertz CT molecular complexity index is 1010. The largest absolute Gasteiger partial charge is 0.493 e. The molecule has 0 saturated heterocycles. The molecule has 0 amide bonds. The minimum Gasteiger partial charge on any atom is -0.493 e. The van der Waals surface area contributed by atoms with Gasteiger partial charge in [-0.25, -0.2) is 0 Å². The Hall–Kier alpha value is -3.99. The van der Waals surface area contributed by atoms with E-state index in [0.29, 0.717) is 35.6 Å². The Morgan fingerprint density at radius 3 is 2.48 bits per heavy atom. The number of ether oxygens (including phenoxy) is 3. The molecule has 0 spiro atoms. The van der Waals surface area contributed by atoms with Crippen LogP contribution in [0.2, 0.25) is 0 Å². The number of hydrogen-bond acceptors (Lipinski definition) is 8. The molecule has 29 heavy (non-hydrogen) atoms. The van der Waals surface area contributed by atoms with Crippen molar-refractivity contribution in [2.45, 2.75) is 6.54 Å². The van der Waals surface area contributed by atoms with Gasteiger partial charge in [-0.3, -0.25) is 4.98 Å². The van der Waals surface area contributed by atoms with Crippen molar-refractivity contribution in [1.29, 1.82) is 5.26 Å². The van der Waals surface area contributed by atoms with Crippen molar-refractivity contribution in [1.82, 2.24) is 9.97 Å². The van der Waals surface area contributed by atoms with Gasteiger partial charge < -0.3 is 23.9 Å². The molecule has 3 aromatic rings.